The van der Waals surface area contributed by atoms with Crippen LogP contribution in [-0.2, 0) is 6.54 Å². The third-order valence-electron chi connectivity index (χ3n) is 3.00. The Bertz CT molecular complexity index is 689. The van der Waals surface area contributed by atoms with Crippen LogP contribution in [0.5, 0.6) is 5.75 Å². The molecule has 116 valence electrons. The molecule has 0 amide bonds. The largest absolute Gasteiger partial charge is 0.494 e. The molecule has 0 aliphatic heterocycles. The van der Waals surface area contributed by atoms with Gasteiger partial charge in [-0.2, -0.15) is 0 Å². The van der Waals surface area contributed by atoms with Gasteiger partial charge in [0.2, 0.25) is 0 Å². The van der Waals surface area contributed by atoms with Crippen LogP contribution in [0.4, 0.5) is 5.69 Å². The number of anilines is 1. The third-order valence-corrected chi connectivity index (χ3v) is 3.55. The van der Waals surface area contributed by atoms with Crippen LogP contribution in [0.25, 0.3) is 0 Å². The first-order valence-electron chi connectivity index (χ1n) is 6.69. The second-order valence-electron chi connectivity index (χ2n) is 4.54. The molecule has 0 aliphatic rings. The van der Waals surface area contributed by atoms with Crippen molar-refractivity contribution in [3.63, 3.8) is 0 Å². The van der Waals surface area contributed by atoms with E-state index in [1.165, 1.54) is 6.07 Å². The van der Waals surface area contributed by atoms with Gasteiger partial charge in [0.05, 0.1) is 17.2 Å². The van der Waals surface area contributed by atoms with Gasteiger partial charge in [0.25, 0.3) is 0 Å². The second-order valence-corrected chi connectivity index (χ2v) is 5.38. The number of ether oxygens (including phenoxy) is 1. The Labute approximate surface area is 138 Å². The number of benzene rings is 2. The number of carboxylic acid groups (broad SMARTS) is 1. The minimum Gasteiger partial charge on any atom is -0.494 e. The Morgan fingerprint density at radius 1 is 1.23 bits per heavy atom. The lowest BCUT2D eigenvalue weighted by atomic mass is 10.1. The summed E-state index contributed by atoms with van der Waals surface area (Å²) in [5, 5.41) is 12.9. The molecule has 0 fully saturated rings. The highest BCUT2D eigenvalue weighted by molar-refractivity contribution is 6.33. The summed E-state index contributed by atoms with van der Waals surface area (Å²) >= 11 is 12.0. The van der Waals surface area contributed by atoms with E-state index in [0.717, 1.165) is 17.0 Å². The van der Waals surface area contributed by atoms with Crippen LogP contribution in [0.1, 0.15) is 22.8 Å². The normalized spacial score (nSPS) is 10.3. The zero-order valence-corrected chi connectivity index (χ0v) is 13.4. The standard InChI is InChI=1S/C16H15Cl2NO3/c1-2-22-15-6-3-11(17)7-10(15)9-19-12-4-5-13(16(20)21)14(18)8-12/h3-8,19H,2,9H2,1H3,(H,20,21). The van der Waals surface area contributed by atoms with E-state index in [9.17, 15) is 4.79 Å². The molecule has 6 heteroatoms. The number of carboxylic acids is 1. The third kappa shape index (κ3) is 4.06. The van der Waals surface area contributed by atoms with E-state index < -0.39 is 5.97 Å². The van der Waals surface area contributed by atoms with Crippen molar-refractivity contribution < 1.29 is 14.6 Å². The lowest BCUT2D eigenvalue weighted by molar-refractivity contribution is 0.0697. The van der Waals surface area contributed by atoms with Crippen LogP contribution in [0.2, 0.25) is 10.0 Å². The number of halogens is 2. The van der Waals surface area contributed by atoms with Crippen molar-refractivity contribution in [3.8, 4) is 5.75 Å². The molecule has 0 heterocycles. The molecule has 2 rings (SSSR count). The van der Waals surface area contributed by atoms with E-state index in [-0.39, 0.29) is 10.6 Å². The fourth-order valence-electron chi connectivity index (χ4n) is 1.98. The number of hydrogen-bond donors (Lipinski definition) is 2. The van der Waals surface area contributed by atoms with Gasteiger partial charge in [-0.25, -0.2) is 4.79 Å². The highest BCUT2D eigenvalue weighted by Gasteiger charge is 2.09. The number of aromatic carboxylic acids is 1. The molecule has 0 bridgehead atoms. The van der Waals surface area contributed by atoms with Crippen molar-refractivity contribution in [1.29, 1.82) is 0 Å². The van der Waals surface area contributed by atoms with Gasteiger partial charge in [-0.05, 0) is 43.3 Å². The molecule has 0 saturated heterocycles. The van der Waals surface area contributed by atoms with E-state index in [0.29, 0.717) is 18.2 Å². The van der Waals surface area contributed by atoms with Gasteiger partial charge in [0.1, 0.15) is 5.75 Å². The topological polar surface area (TPSA) is 58.6 Å². The van der Waals surface area contributed by atoms with Gasteiger partial charge in [-0.3, -0.25) is 0 Å². The van der Waals surface area contributed by atoms with E-state index in [1.807, 2.05) is 19.1 Å². The van der Waals surface area contributed by atoms with Crippen LogP contribution in [0.3, 0.4) is 0 Å². The van der Waals surface area contributed by atoms with Crippen molar-refractivity contribution in [2.45, 2.75) is 13.5 Å². The van der Waals surface area contributed by atoms with Gasteiger partial charge < -0.3 is 15.2 Å². The lowest BCUT2D eigenvalue weighted by Crippen LogP contribution is -2.04. The Balaban J connectivity index is 2.14. The van der Waals surface area contributed by atoms with Crippen LogP contribution in [0.15, 0.2) is 36.4 Å². The maximum absolute atomic E-state index is 10.9. The predicted molar refractivity (Wildman–Crippen MR) is 88.4 cm³/mol. The fourth-order valence-corrected chi connectivity index (χ4v) is 2.43. The first-order valence-corrected chi connectivity index (χ1v) is 7.44. The first kappa shape index (κ1) is 16.5. The molecule has 22 heavy (non-hydrogen) atoms. The summed E-state index contributed by atoms with van der Waals surface area (Å²) < 4.78 is 5.55. The van der Waals surface area contributed by atoms with Crippen LogP contribution < -0.4 is 10.1 Å². The van der Waals surface area contributed by atoms with Crippen LogP contribution in [-0.4, -0.2) is 17.7 Å². The molecule has 2 aromatic carbocycles. The fraction of sp³-hybridized carbons (Fsp3) is 0.188. The first-order chi connectivity index (χ1) is 10.5. The summed E-state index contributed by atoms with van der Waals surface area (Å²) in [4.78, 5) is 10.9. The zero-order valence-electron chi connectivity index (χ0n) is 11.9. The Kier molecular flexibility index (Phi) is 5.52. The highest BCUT2D eigenvalue weighted by Crippen LogP contribution is 2.25. The van der Waals surface area contributed by atoms with Crippen molar-refractivity contribution in [2.24, 2.45) is 0 Å². The van der Waals surface area contributed by atoms with E-state index in [2.05, 4.69) is 5.32 Å². The quantitative estimate of drug-likeness (QED) is 0.800. The Morgan fingerprint density at radius 2 is 2.00 bits per heavy atom. The summed E-state index contributed by atoms with van der Waals surface area (Å²) in [6, 6.07) is 10.1. The number of nitrogens with one attached hydrogen (secondary N) is 1. The van der Waals surface area contributed by atoms with E-state index in [1.54, 1.807) is 18.2 Å². The minimum atomic E-state index is -1.05. The number of rotatable bonds is 6. The van der Waals surface area contributed by atoms with Crippen molar-refractivity contribution >= 4 is 34.9 Å². The smallest absolute Gasteiger partial charge is 0.337 e. The highest BCUT2D eigenvalue weighted by atomic mass is 35.5. The van der Waals surface area contributed by atoms with Gasteiger partial charge in [-0.1, -0.05) is 23.2 Å². The molecule has 0 unspecified atom stereocenters. The SMILES string of the molecule is CCOc1ccc(Cl)cc1CNc1ccc(C(=O)O)c(Cl)c1. The molecular formula is C16H15Cl2NO3. The molecule has 0 radical (unpaired) electrons. The molecule has 0 aliphatic carbocycles. The molecular weight excluding hydrogens is 325 g/mol. The van der Waals surface area contributed by atoms with Crippen LogP contribution >= 0.6 is 23.2 Å². The summed E-state index contributed by atoms with van der Waals surface area (Å²) in [7, 11) is 0. The second kappa shape index (κ2) is 7.38. The monoisotopic (exact) mass is 339 g/mol. The molecule has 0 saturated carbocycles. The maximum atomic E-state index is 10.9. The predicted octanol–water partition coefficient (Wildman–Crippen LogP) is 4.70. The summed E-state index contributed by atoms with van der Waals surface area (Å²) in [5.41, 5.74) is 1.70. The summed E-state index contributed by atoms with van der Waals surface area (Å²) in [5.74, 6) is -0.294. The Morgan fingerprint density at radius 3 is 2.64 bits per heavy atom. The van der Waals surface area contributed by atoms with E-state index >= 15 is 0 Å². The number of hydrogen-bond acceptors (Lipinski definition) is 3. The summed E-state index contributed by atoms with van der Waals surface area (Å²) in [6.45, 7) is 2.96. The molecule has 4 nitrogen and oxygen atoms in total. The van der Waals surface area contributed by atoms with Gasteiger partial charge in [-0.15, -0.1) is 0 Å². The zero-order chi connectivity index (χ0) is 16.1. The number of carbonyl (C=O) groups is 1. The van der Waals surface area contributed by atoms with Crippen LogP contribution in [0, 0.1) is 0 Å². The average Bonchev–Trinajstić information content (AvgIpc) is 2.47. The van der Waals surface area contributed by atoms with Crippen molar-refractivity contribution in [2.75, 3.05) is 11.9 Å². The Hall–Kier alpha value is -1.91. The van der Waals surface area contributed by atoms with Gasteiger partial charge in [0.15, 0.2) is 0 Å². The van der Waals surface area contributed by atoms with Crippen molar-refractivity contribution in [3.05, 3.63) is 57.6 Å². The summed E-state index contributed by atoms with van der Waals surface area (Å²) in [6.07, 6.45) is 0. The van der Waals surface area contributed by atoms with Gasteiger partial charge in [0, 0.05) is 22.8 Å². The minimum absolute atomic E-state index is 0.0741. The van der Waals surface area contributed by atoms with E-state index in [4.69, 9.17) is 33.0 Å². The maximum Gasteiger partial charge on any atom is 0.337 e. The average molecular weight is 340 g/mol. The molecule has 2 N–H and O–H groups in total. The molecule has 0 spiro atoms. The molecule has 2 aromatic rings. The van der Waals surface area contributed by atoms with Gasteiger partial charge >= 0.3 is 5.97 Å². The molecule has 0 atom stereocenters. The van der Waals surface area contributed by atoms with Crippen molar-refractivity contribution in [1.82, 2.24) is 0 Å². The lowest BCUT2D eigenvalue weighted by Gasteiger charge is -2.13. The molecule has 0 aromatic heterocycles.